The van der Waals surface area contributed by atoms with E-state index in [1.807, 2.05) is 6.07 Å². The molecule has 1 unspecified atom stereocenters. The molecule has 0 saturated carbocycles. The molecule has 1 fully saturated rings. The molecule has 0 N–H and O–H groups in total. The Labute approximate surface area is 118 Å². The molecular formula is C14H18Cl2FN. The molecule has 0 aromatic heterocycles. The van der Waals surface area contributed by atoms with Crippen molar-refractivity contribution in [2.45, 2.75) is 38.3 Å². The van der Waals surface area contributed by atoms with Gasteiger partial charge in [0.2, 0.25) is 0 Å². The van der Waals surface area contributed by atoms with Crippen LogP contribution in [0.25, 0.3) is 0 Å². The molecule has 18 heavy (non-hydrogen) atoms. The van der Waals surface area contributed by atoms with Gasteiger partial charge in [0.15, 0.2) is 0 Å². The van der Waals surface area contributed by atoms with Gasteiger partial charge in [-0.05, 0) is 31.0 Å². The molecule has 1 aliphatic rings. The highest BCUT2D eigenvalue weighted by Gasteiger charge is 2.21. The van der Waals surface area contributed by atoms with Crippen molar-refractivity contribution in [1.29, 1.82) is 0 Å². The van der Waals surface area contributed by atoms with Gasteiger partial charge in [0.25, 0.3) is 0 Å². The Bertz CT molecular complexity index is 397. The van der Waals surface area contributed by atoms with Gasteiger partial charge in [-0.15, -0.1) is 11.6 Å². The number of benzene rings is 1. The molecule has 0 bridgehead atoms. The molecule has 0 spiro atoms. The Morgan fingerprint density at radius 2 is 2.11 bits per heavy atom. The monoisotopic (exact) mass is 289 g/mol. The maximum absolute atomic E-state index is 13.4. The van der Waals surface area contributed by atoms with Gasteiger partial charge in [-0.1, -0.05) is 36.6 Å². The summed E-state index contributed by atoms with van der Waals surface area (Å²) in [7, 11) is 0. The van der Waals surface area contributed by atoms with Gasteiger partial charge in [-0.2, -0.15) is 0 Å². The first kappa shape index (κ1) is 14.1. The summed E-state index contributed by atoms with van der Waals surface area (Å²) in [6.07, 6.45) is 4.78. The summed E-state index contributed by atoms with van der Waals surface area (Å²) in [5, 5.41) is 0.245. The highest BCUT2D eigenvalue weighted by atomic mass is 35.5. The summed E-state index contributed by atoms with van der Waals surface area (Å²) in [5.74, 6) is 0.291. The third kappa shape index (κ3) is 3.37. The van der Waals surface area contributed by atoms with Gasteiger partial charge >= 0.3 is 0 Å². The molecule has 1 saturated heterocycles. The predicted octanol–water partition coefficient (Wildman–Crippen LogP) is 4.46. The van der Waals surface area contributed by atoms with Crippen LogP contribution < -0.4 is 0 Å². The van der Waals surface area contributed by atoms with Gasteiger partial charge in [0.05, 0.1) is 5.02 Å². The van der Waals surface area contributed by atoms with Crippen LogP contribution in [-0.2, 0) is 6.54 Å². The van der Waals surface area contributed by atoms with Crippen molar-refractivity contribution in [3.8, 4) is 0 Å². The summed E-state index contributed by atoms with van der Waals surface area (Å²) in [5.41, 5.74) is 0.855. The van der Waals surface area contributed by atoms with Crippen LogP contribution in [0.5, 0.6) is 0 Å². The van der Waals surface area contributed by atoms with E-state index < -0.39 is 0 Å². The summed E-state index contributed by atoms with van der Waals surface area (Å²) in [6, 6.07) is 5.38. The SMILES string of the molecule is Fc1cccc(CN2CCCCCC2CCl)c1Cl. The second-order valence-corrected chi connectivity index (χ2v) is 5.53. The zero-order valence-corrected chi connectivity index (χ0v) is 11.9. The van der Waals surface area contributed by atoms with E-state index in [9.17, 15) is 4.39 Å². The van der Waals surface area contributed by atoms with Crippen LogP contribution in [0.15, 0.2) is 18.2 Å². The van der Waals surface area contributed by atoms with E-state index in [-0.39, 0.29) is 10.8 Å². The first-order chi connectivity index (χ1) is 8.72. The number of halogens is 3. The van der Waals surface area contributed by atoms with E-state index in [0.29, 0.717) is 18.5 Å². The highest BCUT2D eigenvalue weighted by Crippen LogP contribution is 2.25. The Hall–Kier alpha value is -0.310. The number of nitrogens with zero attached hydrogens (tertiary/aromatic N) is 1. The van der Waals surface area contributed by atoms with Crippen molar-refractivity contribution in [3.63, 3.8) is 0 Å². The molecule has 1 atom stereocenters. The number of alkyl halides is 1. The van der Waals surface area contributed by atoms with Crippen molar-refractivity contribution in [3.05, 3.63) is 34.6 Å². The molecule has 2 rings (SSSR count). The zero-order valence-electron chi connectivity index (χ0n) is 10.3. The van der Waals surface area contributed by atoms with Gasteiger partial charge in [-0.3, -0.25) is 4.90 Å². The van der Waals surface area contributed by atoms with Gasteiger partial charge < -0.3 is 0 Å². The van der Waals surface area contributed by atoms with Crippen LogP contribution >= 0.6 is 23.2 Å². The van der Waals surface area contributed by atoms with Crippen LogP contribution in [0.3, 0.4) is 0 Å². The quantitative estimate of drug-likeness (QED) is 0.743. The molecule has 0 amide bonds. The summed E-state index contributed by atoms with van der Waals surface area (Å²) < 4.78 is 13.4. The minimum atomic E-state index is -0.341. The molecule has 1 heterocycles. The fourth-order valence-corrected chi connectivity index (χ4v) is 3.04. The third-order valence-electron chi connectivity index (χ3n) is 3.58. The average molecular weight is 290 g/mol. The maximum atomic E-state index is 13.4. The number of hydrogen-bond donors (Lipinski definition) is 0. The molecular weight excluding hydrogens is 272 g/mol. The topological polar surface area (TPSA) is 3.24 Å². The zero-order chi connectivity index (χ0) is 13.0. The Kier molecular flexibility index (Phi) is 5.28. The van der Waals surface area contributed by atoms with Crippen LogP contribution in [0.2, 0.25) is 5.02 Å². The third-order valence-corrected chi connectivity index (χ3v) is 4.36. The number of rotatable bonds is 3. The van der Waals surface area contributed by atoms with Crippen molar-refractivity contribution in [2.24, 2.45) is 0 Å². The summed E-state index contributed by atoms with van der Waals surface area (Å²) >= 11 is 12.0. The van der Waals surface area contributed by atoms with E-state index in [0.717, 1.165) is 18.5 Å². The minimum Gasteiger partial charge on any atom is -0.295 e. The smallest absolute Gasteiger partial charge is 0.142 e. The normalized spacial score (nSPS) is 21.8. The summed E-state index contributed by atoms with van der Waals surface area (Å²) in [4.78, 5) is 2.33. The number of likely N-dealkylation sites (tertiary alicyclic amines) is 1. The minimum absolute atomic E-state index is 0.245. The predicted molar refractivity (Wildman–Crippen MR) is 74.8 cm³/mol. The molecule has 0 radical (unpaired) electrons. The Morgan fingerprint density at radius 3 is 2.89 bits per heavy atom. The van der Waals surface area contributed by atoms with Crippen molar-refractivity contribution >= 4 is 23.2 Å². The van der Waals surface area contributed by atoms with Crippen LogP contribution in [-0.4, -0.2) is 23.4 Å². The maximum Gasteiger partial charge on any atom is 0.142 e. The van der Waals surface area contributed by atoms with Gasteiger partial charge in [-0.25, -0.2) is 4.39 Å². The van der Waals surface area contributed by atoms with Gasteiger partial charge in [0, 0.05) is 18.5 Å². The van der Waals surface area contributed by atoms with Crippen LogP contribution in [0, 0.1) is 5.82 Å². The molecule has 100 valence electrons. The summed E-state index contributed by atoms with van der Waals surface area (Å²) in [6.45, 7) is 1.71. The lowest BCUT2D eigenvalue weighted by atomic mass is 10.1. The van der Waals surface area contributed by atoms with Crippen molar-refractivity contribution in [1.82, 2.24) is 4.90 Å². The van der Waals surface area contributed by atoms with Crippen LogP contribution in [0.1, 0.15) is 31.2 Å². The fraction of sp³-hybridized carbons (Fsp3) is 0.571. The lowest BCUT2D eigenvalue weighted by Gasteiger charge is -2.28. The largest absolute Gasteiger partial charge is 0.295 e. The molecule has 1 aliphatic heterocycles. The van der Waals surface area contributed by atoms with E-state index in [4.69, 9.17) is 23.2 Å². The standard InChI is InChI=1S/C14H18Cl2FN/c15-9-12-6-2-1-3-8-18(12)10-11-5-4-7-13(17)14(11)16/h4-5,7,12H,1-3,6,8-10H2. The van der Waals surface area contributed by atoms with E-state index in [1.54, 1.807) is 6.07 Å². The van der Waals surface area contributed by atoms with E-state index in [1.165, 1.54) is 25.3 Å². The first-order valence-electron chi connectivity index (χ1n) is 6.45. The molecule has 1 nitrogen and oxygen atoms in total. The lowest BCUT2D eigenvalue weighted by molar-refractivity contribution is 0.207. The molecule has 1 aromatic rings. The average Bonchev–Trinajstić information content (AvgIpc) is 2.60. The molecule has 1 aromatic carbocycles. The second-order valence-electron chi connectivity index (χ2n) is 4.84. The lowest BCUT2D eigenvalue weighted by Crippen LogP contribution is -2.35. The van der Waals surface area contributed by atoms with Crippen molar-refractivity contribution < 1.29 is 4.39 Å². The van der Waals surface area contributed by atoms with Crippen molar-refractivity contribution in [2.75, 3.05) is 12.4 Å². The number of hydrogen-bond acceptors (Lipinski definition) is 1. The fourth-order valence-electron chi connectivity index (χ4n) is 2.51. The Morgan fingerprint density at radius 1 is 1.28 bits per heavy atom. The van der Waals surface area contributed by atoms with Gasteiger partial charge in [0.1, 0.15) is 5.82 Å². The Balaban J connectivity index is 2.12. The van der Waals surface area contributed by atoms with E-state index in [2.05, 4.69) is 4.90 Å². The molecule has 4 heteroatoms. The second kappa shape index (κ2) is 6.74. The van der Waals surface area contributed by atoms with Crippen LogP contribution in [0.4, 0.5) is 4.39 Å². The first-order valence-corrected chi connectivity index (χ1v) is 7.36. The highest BCUT2D eigenvalue weighted by molar-refractivity contribution is 6.31. The van der Waals surface area contributed by atoms with E-state index >= 15 is 0 Å². The molecule has 0 aliphatic carbocycles.